The van der Waals surface area contributed by atoms with E-state index in [1.807, 2.05) is 68.6 Å². The third-order valence-corrected chi connectivity index (χ3v) is 6.34. The van der Waals surface area contributed by atoms with Crippen LogP contribution in [-0.4, -0.2) is 39.1 Å². The summed E-state index contributed by atoms with van der Waals surface area (Å²) in [6.45, 7) is 2.63. The summed E-state index contributed by atoms with van der Waals surface area (Å²) >= 11 is 0. The van der Waals surface area contributed by atoms with Gasteiger partial charge in [0.1, 0.15) is 0 Å². The van der Waals surface area contributed by atoms with Crippen molar-refractivity contribution in [2.75, 3.05) is 25.2 Å². The van der Waals surface area contributed by atoms with Gasteiger partial charge in [0.2, 0.25) is 5.91 Å². The zero-order chi connectivity index (χ0) is 21.0. The largest absolute Gasteiger partial charge is 0.325 e. The van der Waals surface area contributed by atoms with Crippen LogP contribution in [0.2, 0.25) is 0 Å². The summed E-state index contributed by atoms with van der Waals surface area (Å²) in [4.78, 5) is 14.9. The van der Waals surface area contributed by atoms with Gasteiger partial charge in [-0.05, 0) is 43.1 Å². The SMILES string of the molecule is CC(c1ccc(S(C)(=O)=O)cc1)N(C)CCC(=O)Nc1cccc2ccccc12. The molecule has 6 heteroatoms. The minimum Gasteiger partial charge on any atom is -0.325 e. The zero-order valence-electron chi connectivity index (χ0n) is 16.9. The molecule has 1 N–H and O–H groups in total. The Balaban J connectivity index is 1.59. The fraction of sp³-hybridized carbons (Fsp3) is 0.261. The Hall–Kier alpha value is -2.70. The highest BCUT2D eigenvalue weighted by Crippen LogP contribution is 2.24. The molecule has 1 amide bonds. The van der Waals surface area contributed by atoms with E-state index >= 15 is 0 Å². The van der Waals surface area contributed by atoms with Crippen molar-refractivity contribution in [2.24, 2.45) is 0 Å². The van der Waals surface area contributed by atoms with Gasteiger partial charge < -0.3 is 5.32 Å². The summed E-state index contributed by atoms with van der Waals surface area (Å²) in [6, 6.07) is 20.8. The normalized spacial score (nSPS) is 12.8. The van der Waals surface area contributed by atoms with Gasteiger partial charge in [0.05, 0.1) is 4.90 Å². The fourth-order valence-corrected chi connectivity index (χ4v) is 3.90. The van der Waals surface area contributed by atoms with E-state index in [-0.39, 0.29) is 11.9 Å². The number of hydrogen-bond acceptors (Lipinski definition) is 4. The van der Waals surface area contributed by atoms with Crippen LogP contribution in [-0.2, 0) is 14.6 Å². The quantitative estimate of drug-likeness (QED) is 0.632. The van der Waals surface area contributed by atoms with Gasteiger partial charge in [-0.15, -0.1) is 0 Å². The highest BCUT2D eigenvalue weighted by Gasteiger charge is 2.15. The van der Waals surface area contributed by atoms with Crippen molar-refractivity contribution < 1.29 is 13.2 Å². The number of rotatable bonds is 7. The Bertz CT molecular complexity index is 1100. The Morgan fingerprint density at radius 3 is 2.34 bits per heavy atom. The van der Waals surface area contributed by atoms with Gasteiger partial charge in [-0.1, -0.05) is 48.5 Å². The molecule has 0 aromatic heterocycles. The van der Waals surface area contributed by atoms with E-state index in [1.165, 1.54) is 6.26 Å². The van der Waals surface area contributed by atoms with Crippen LogP contribution in [0.4, 0.5) is 5.69 Å². The molecule has 0 spiro atoms. The van der Waals surface area contributed by atoms with E-state index in [0.717, 1.165) is 22.0 Å². The summed E-state index contributed by atoms with van der Waals surface area (Å²) in [6.07, 6.45) is 1.57. The van der Waals surface area contributed by atoms with Crippen LogP contribution in [0, 0.1) is 0 Å². The second kappa shape index (κ2) is 8.76. The average molecular weight is 411 g/mol. The molecule has 0 aliphatic carbocycles. The maximum Gasteiger partial charge on any atom is 0.225 e. The van der Waals surface area contributed by atoms with E-state index in [4.69, 9.17) is 0 Å². The summed E-state index contributed by atoms with van der Waals surface area (Å²) < 4.78 is 23.2. The van der Waals surface area contributed by atoms with Gasteiger partial charge in [-0.25, -0.2) is 8.42 Å². The first kappa shape index (κ1) is 21.0. The van der Waals surface area contributed by atoms with Crippen LogP contribution in [0.15, 0.2) is 71.6 Å². The first-order valence-corrected chi connectivity index (χ1v) is 11.4. The van der Waals surface area contributed by atoms with Crippen molar-refractivity contribution in [1.82, 2.24) is 4.90 Å². The number of carbonyl (C=O) groups excluding carboxylic acids is 1. The first-order valence-electron chi connectivity index (χ1n) is 9.53. The van der Waals surface area contributed by atoms with Gasteiger partial charge in [0, 0.05) is 36.3 Å². The van der Waals surface area contributed by atoms with Crippen LogP contribution < -0.4 is 5.32 Å². The number of fused-ring (bicyclic) bond motifs is 1. The van der Waals surface area contributed by atoms with E-state index in [9.17, 15) is 13.2 Å². The number of nitrogens with zero attached hydrogens (tertiary/aromatic N) is 1. The summed E-state index contributed by atoms with van der Waals surface area (Å²) in [5.74, 6) is -0.0344. The molecule has 0 heterocycles. The lowest BCUT2D eigenvalue weighted by molar-refractivity contribution is -0.116. The molecule has 3 rings (SSSR count). The first-order chi connectivity index (χ1) is 13.8. The number of benzene rings is 3. The zero-order valence-corrected chi connectivity index (χ0v) is 17.7. The number of hydrogen-bond donors (Lipinski definition) is 1. The lowest BCUT2D eigenvalue weighted by Crippen LogP contribution is -2.27. The van der Waals surface area contributed by atoms with Crippen LogP contribution >= 0.6 is 0 Å². The average Bonchev–Trinajstić information content (AvgIpc) is 2.71. The molecular weight excluding hydrogens is 384 g/mol. The van der Waals surface area contributed by atoms with Crippen molar-refractivity contribution in [3.63, 3.8) is 0 Å². The Labute approximate surface area is 172 Å². The molecule has 29 heavy (non-hydrogen) atoms. The van der Waals surface area contributed by atoms with E-state index in [2.05, 4.69) is 10.2 Å². The second-order valence-electron chi connectivity index (χ2n) is 7.32. The van der Waals surface area contributed by atoms with E-state index in [1.54, 1.807) is 12.1 Å². The topological polar surface area (TPSA) is 66.5 Å². The smallest absolute Gasteiger partial charge is 0.225 e. The van der Waals surface area contributed by atoms with Crippen molar-refractivity contribution in [3.8, 4) is 0 Å². The van der Waals surface area contributed by atoms with Gasteiger partial charge in [0.15, 0.2) is 9.84 Å². The van der Waals surface area contributed by atoms with Crippen molar-refractivity contribution in [1.29, 1.82) is 0 Å². The van der Waals surface area contributed by atoms with E-state index in [0.29, 0.717) is 17.9 Å². The Morgan fingerprint density at radius 1 is 1.00 bits per heavy atom. The Morgan fingerprint density at radius 2 is 1.66 bits per heavy atom. The predicted molar refractivity (Wildman–Crippen MR) is 118 cm³/mol. The molecular formula is C23H26N2O3S. The summed E-state index contributed by atoms with van der Waals surface area (Å²) in [5.41, 5.74) is 1.83. The van der Waals surface area contributed by atoms with Crippen LogP contribution in [0.5, 0.6) is 0 Å². The fourth-order valence-electron chi connectivity index (χ4n) is 3.27. The number of carbonyl (C=O) groups is 1. The van der Waals surface area contributed by atoms with Crippen molar-refractivity contribution >= 4 is 32.2 Å². The van der Waals surface area contributed by atoms with Crippen molar-refractivity contribution in [3.05, 3.63) is 72.3 Å². The maximum absolute atomic E-state index is 12.5. The number of anilines is 1. The van der Waals surface area contributed by atoms with Gasteiger partial charge in [0.25, 0.3) is 0 Å². The third-order valence-electron chi connectivity index (χ3n) is 5.21. The molecule has 3 aromatic rings. The number of amides is 1. The highest BCUT2D eigenvalue weighted by molar-refractivity contribution is 7.90. The van der Waals surface area contributed by atoms with Crippen LogP contribution in [0.1, 0.15) is 24.9 Å². The van der Waals surface area contributed by atoms with E-state index < -0.39 is 9.84 Å². The molecule has 0 radical (unpaired) electrons. The molecule has 0 aliphatic heterocycles. The number of nitrogens with one attached hydrogen (secondary N) is 1. The second-order valence-corrected chi connectivity index (χ2v) is 9.34. The molecule has 0 fully saturated rings. The molecule has 1 unspecified atom stereocenters. The van der Waals surface area contributed by atoms with Gasteiger partial charge >= 0.3 is 0 Å². The monoisotopic (exact) mass is 410 g/mol. The lowest BCUT2D eigenvalue weighted by atomic mass is 10.1. The molecule has 0 bridgehead atoms. The molecule has 3 aromatic carbocycles. The van der Waals surface area contributed by atoms with Crippen LogP contribution in [0.25, 0.3) is 10.8 Å². The summed E-state index contributed by atoms with van der Waals surface area (Å²) in [7, 11) is -1.24. The Kier molecular flexibility index (Phi) is 6.35. The predicted octanol–water partition coefficient (Wildman–Crippen LogP) is 4.26. The summed E-state index contributed by atoms with van der Waals surface area (Å²) in [5, 5.41) is 5.13. The molecule has 0 saturated carbocycles. The van der Waals surface area contributed by atoms with Crippen LogP contribution in [0.3, 0.4) is 0 Å². The lowest BCUT2D eigenvalue weighted by Gasteiger charge is -2.25. The molecule has 0 aliphatic rings. The van der Waals surface area contributed by atoms with Gasteiger partial charge in [-0.3, -0.25) is 9.69 Å². The minimum atomic E-state index is -3.20. The highest BCUT2D eigenvalue weighted by atomic mass is 32.2. The minimum absolute atomic E-state index is 0.0344. The molecule has 5 nitrogen and oxygen atoms in total. The number of sulfone groups is 1. The maximum atomic E-state index is 12.5. The van der Waals surface area contributed by atoms with Gasteiger partial charge in [-0.2, -0.15) is 0 Å². The van der Waals surface area contributed by atoms with Crippen molar-refractivity contribution in [2.45, 2.75) is 24.3 Å². The molecule has 152 valence electrons. The standard InChI is InChI=1S/C23H26N2O3S/c1-17(18-11-13-20(14-12-18)29(3,27)28)25(2)16-15-23(26)24-22-10-6-8-19-7-4-5-9-21(19)22/h4-14,17H,15-16H2,1-3H3,(H,24,26). The molecule has 0 saturated heterocycles. The third kappa shape index (κ3) is 5.22. The molecule has 1 atom stereocenters.